The van der Waals surface area contributed by atoms with Gasteiger partial charge >= 0.3 is 0 Å². The number of nitrogen functional groups attached to an aromatic ring is 1. The zero-order valence-corrected chi connectivity index (χ0v) is 14.6. The van der Waals surface area contributed by atoms with Crippen molar-refractivity contribution in [3.63, 3.8) is 0 Å². The first-order chi connectivity index (χ1) is 13.2. The Labute approximate surface area is 155 Å². The summed E-state index contributed by atoms with van der Waals surface area (Å²) in [5.74, 6) is 0.955. The number of H-pyrrole nitrogens is 1. The molecule has 0 fully saturated rings. The van der Waals surface area contributed by atoms with Gasteiger partial charge in [0.2, 0.25) is 0 Å². The Bertz CT molecular complexity index is 1140. The summed E-state index contributed by atoms with van der Waals surface area (Å²) in [6.07, 6.45) is 1.65. The second-order valence-corrected chi connectivity index (χ2v) is 5.91. The number of para-hydroxylation sites is 3. The van der Waals surface area contributed by atoms with Crippen LogP contribution in [0.3, 0.4) is 0 Å². The highest BCUT2D eigenvalue weighted by molar-refractivity contribution is 6.12. The fraction of sp³-hybridized carbons (Fsp3) is 0.0500. The highest BCUT2D eigenvalue weighted by Gasteiger charge is 2.16. The molecule has 0 bridgehead atoms. The second-order valence-electron chi connectivity index (χ2n) is 5.91. The lowest BCUT2D eigenvalue weighted by Crippen LogP contribution is -2.13. The highest BCUT2D eigenvalue weighted by Crippen LogP contribution is 2.25. The molecule has 7 nitrogen and oxygen atoms in total. The predicted octanol–water partition coefficient (Wildman–Crippen LogP) is 3.47. The Morgan fingerprint density at radius 2 is 2.00 bits per heavy atom. The number of amides is 1. The standard InChI is InChI=1S/C20H17N5O2/c1-27-12-9-10-22-17(11-12)19-23-16-8-4-5-13(18(16)25-19)20(26)24-15-7-3-2-6-14(15)21/h2-11H,21H2,1H3,(H,23,25)(H,24,26). The molecule has 0 radical (unpaired) electrons. The summed E-state index contributed by atoms with van der Waals surface area (Å²) >= 11 is 0. The molecular weight excluding hydrogens is 342 g/mol. The van der Waals surface area contributed by atoms with Gasteiger partial charge in [-0.1, -0.05) is 18.2 Å². The molecule has 1 amide bonds. The molecule has 4 N–H and O–H groups in total. The van der Waals surface area contributed by atoms with Gasteiger partial charge in [0, 0.05) is 12.3 Å². The van der Waals surface area contributed by atoms with Crippen LogP contribution in [0.1, 0.15) is 10.4 Å². The van der Waals surface area contributed by atoms with Gasteiger partial charge in [0.25, 0.3) is 5.91 Å². The van der Waals surface area contributed by atoms with Gasteiger partial charge in [-0.05, 0) is 30.3 Å². The van der Waals surface area contributed by atoms with Crippen molar-refractivity contribution in [3.05, 3.63) is 66.4 Å². The Morgan fingerprint density at radius 3 is 2.81 bits per heavy atom. The molecule has 0 unspecified atom stereocenters. The van der Waals surface area contributed by atoms with E-state index in [0.717, 1.165) is 5.52 Å². The van der Waals surface area contributed by atoms with Crippen LogP contribution >= 0.6 is 0 Å². The molecule has 0 atom stereocenters. The molecular formula is C20H17N5O2. The molecule has 0 aliphatic heterocycles. The van der Waals surface area contributed by atoms with E-state index in [-0.39, 0.29) is 5.91 Å². The maximum atomic E-state index is 12.8. The van der Waals surface area contributed by atoms with Gasteiger partial charge < -0.3 is 20.8 Å². The summed E-state index contributed by atoms with van der Waals surface area (Å²) in [7, 11) is 1.59. The largest absolute Gasteiger partial charge is 0.497 e. The number of aromatic nitrogens is 3. The summed E-state index contributed by atoms with van der Waals surface area (Å²) in [5, 5.41) is 2.83. The SMILES string of the molecule is COc1ccnc(-c2nc3c(C(=O)Nc4ccccc4N)cccc3[nH]2)c1. The molecule has 27 heavy (non-hydrogen) atoms. The Hall–Kier alpha value is -3.87. The molecule has 0 saturated heterocycles. The van der Waals surface area contributed by atoms with E-state index in [2.05, 4.69) is 20.3 Å². The average Bonchev–Trinajstić information content (AvgIpc) is 3.14. The predicted molar refractivity (Wildman–Crippen MR) is 105 cm³/mol. The number of hydrogen-bond acceptors (Lipinski definition) is 5. The molecule has 4 rings (SSSR count). The smallest absolute Gasteiger partial charge is 0.257 e. The van der Waals surface area contributed by atoms with Crippen molar-refractivity contribution in [1.82, 2.24) is 15.0 Å². The number of benzene rings is 2. The van der Waals surface area contributed by atoms with Crippen LogP contribution in [0, 0.1) is 0 Å². The number of pyridine rings is 1. The van der Waals surface area contributed by atoms with Gasteiger partial charge in [-0.3, -0.25) is 9.78 Å². The number of fused-ring (bicyclic) bond motifs is 1. The third-order valence-electron chi connectivity index (χ3n) is 4.18. The van der Waals surface area contributed by atoms with Crippen molar-refractivity contribution in [2.45, 2.75) is 0 Å². The average molecular weight is 359 g/mol. The van der Waals surface area contributed by atoms with Crippen LogP contribution in [0.4, 0.5) is 11.4 Å². The molecule has 0 aliphatic rings. The maximum absolute atomic E-state index is 12.8. The van der Waals surface area contributed by atoms with E-state index in [1.165, 1.54) is 0 Å². The number of nitrogens with one attached hydrogen (secondary N) is 2. The number of carbonyl (C=O) groups is 1. The van der Waals surface area contributed by atoms with Crippen molar-refractivity contribution in [2.24, 2.45) is 0 Å². The third kappa shape index (κ3) is 3.18. The monoisotopic (exact) mass is 359 g/mol. The Kier molecular flexibility index (Phi) is 4.18. The number of nitrogens with two attached hydrogens (primary N) is 1. The molecule has 2 aromatic heterocycles. The van der Waals surface area contributed by atoms with Gasteiger partial charge in [0.15, 0.2) is 5.82 Å². The first kappa shape index (κ1) is 16.6. The molecule has 7 heteroatoms. The Balaban J connectivity index is 1.73. The number of hydrogen-bond donors (Lipinski definition) is 3. The normalized spacial score (nSPS) is 10.7. The second kappa shape index (κ2) is 6.80. The van der Waals surface area contributed by atoms with Crippen molar-refractivity contribution in [2.75, 3.05) is 18.2 Å². The third-order valence-corrected chi connectivity index (χ3v) is 4.18. The quantitative estimate of drug-likeness (QED) is 0.484. The summed E-state index contributed by atoms with van der Waals surface area (Å²) in [6, 6.07) is 16.0. The highest BCUT2D eigenvalue weighted by atomic mass is 16.5. The zero-order chi connectivity index (χ0) is 18.8. The zero-order valence-electron chi connectivity index (χ0n) is 14.6. The van der Waals surface area contributed by atoms with Crippen LogP contribution in [0.15, 0.2) is 60.8 Å². The van der Waals surface area contributed by atoms with Crippen LogP contribution < -0.4 is 15.8 Å². The fourth-order valence-electron chi connectivity index (χ4n) is 2.80. The van der Waals surface area contributed by atoms with E-state index in [0.29, 0.717) is 39.7 Å². The molecule has 0 saturated carbocycles. The van der Waals surface area contributed by atoms with Crippen LogP contribution in [0.25, 0.3) is 22.6 Å². The van der Waals surface area contributed by atoms with Gasteiger partial charge in [-0.15, -0.1) is 0 Å². The topological polar surface area (TPSA) is 106 Å². The first-order valence-corrected chi connectivity index (χ1v) is 8.30. The molecule has 0 spiro atoms. The minimum absolute atomic E-state index is 0.282. The Morgan fingerprint density at radius 1 is 1.15 bits per heavy atom. The number of anilines is 2. The fourth-order valence-corrected chi connectivity index (χ4v) is 2.80. The van der Waals surface area contributed by atoms with Gasteiger partial charge in [-0.25, -0.2) is 4.98 Å². The summed E-state index contributed by atoms with van der Waals surface area (Å²) in [5.41, 5.74) is 9.34. The van der Waals surface area contributed by atoms with E-state index in [9.17, 15) is 4.79 Å². The number of imidazole rings is 1. The number of ether oxygens (including phenoxy) is 1. The number of methoxy groups -OCH3 is 1. The van der Waals surface area contributed by atoms with E-state index < -0.39 is 0 Å². The van der Waals surface area contributed by atoms with Crippen molar-refractivity contribution in [1.29, 1.82) is 0 Å². The molecule has 2 heterocycles. The van der Waals surface area contributed by atoms with Crippen LogP contribution in [0.5, 0.6) is 5.75 Å². The van der Waals surface area contributed by atoms with Crippen LogP contribution in [-0.4, -0.2) is 28.0 Å². The van der Waals surface area contributed by atoms with Gasteiger partial charge in [-0.2, -0.15) is 0 Å². The number of rotatable bonds is 4. The number of carbonyl (C=O) groups excluding carboxylic acids is 1. The van der Waals surface area contributed by atoms with E-state index in [4.69, 9.17) is 10.5 Å². The van der Waals surface area contributed by atoms with E-state index in [1.54, 1.807) is 49.7 Å². The minimum Gasteiger partial charge on any atom is -0.497 e. The minimum atomic E-state index is -0.282. The lowest BCUT2D eigenvalue weighted by molar-refractivity contribution is 0.102. The van der Waals surface area contributed by atoms with E-state index >= 15 is 0 Å². The molecule has 2 aromatic carbocycles. The summed E-state index contributed by atoms with van der Waals surface area (Å²) in [6.45, 7) is 0. The number of nitrogens with zero attached hydrogens (tertiary/aromatic N) is 2. The van der Waals surface area contributed by atoms with Crippen molar-refractivity contribution < 1.29 is 9.53 Å². The van der Waals surface area contributed by atoms with Crippen molar-refractivity contribution >= 4 is 28.3 Å². The lowest BCUT2D eigenvalue weighted by atomic mass is 10.1. The maximum Gasteiger partial charge on any atom is 0.257 e. The number of aromatic amines is 1. The summed E-state index contributed by atoms with van der Waals surface area (Å²) in [4.78, 5) is 24.9. The van der Waals surface area contributed by atoms with Crippen LogP contribution in [0.2, 0.25) is 0 Å². The molecule has 4 aromatic rings. The summed E-state index contributed by atoms with van der Waals surface area (Å²) < 4.78 is 5.23. The first-order valence-electron chi connectivity index (χ1n) is 8.30. The van der Waals surface area contributed by atoms with Gasteiger partial charge in [0.1, 0.15) is 17.0 Å². The van der Waals surface area contributed by atoms with Crippen LogP contribution in [-0.2, 0) is 0 Å². The lowest BCUT2D eigenvalue weighted by Gasteiger charge is -2.08. The molecule has 0 aliphatic carbocycles. The van der Waals surface area contributed by atoms with Gasteiger partial charge in [0.05, 0.1) is 29.6 Å². The van der Waals surface area contributed by atoms with E-state index in [1.807, 2.05) is 18.2 Å². The van der Waals surface area contributed by atoms with Crippen molar-refractivity contribution in [3.8, 4) is 17.3 Å². The molecule has 134 valence electrons.